The van der Waals surface area contributed by atoms with Crippen LogP contribution in [-0.4, -0.2) is 0 Å². The van der Waals surface area contributed by atoms with E-state index >= 15 is 0 Å². The molecule has 0 fully saturated rings. The van der Waals surface area contributed by atoms with Crippen LogP contribution in [-0.2, 0) is 10.8 Å². The Morgan fingerprint density at radius 1 is 0.306 bits per heavy atom. The standard InChI is InChI=1S/C60H42O2/c1-59(2)47-34-46-48(33-45(47)54-49(59)32-44(57-56(54)42-20-12-14-22-52(42)61-57)40-29-25-38(26-30-40)36-17-9-6-10-18-36)60(3,4)50-31-43(39-27-23-37(24-28-39)35-15-7-5-8-16-35)53-41-19-11-13-21-51(41)62-58(53)55(46)50/h5-34H,1-4H3. The molecule has 62 heavy (non-hydrogen) atoms. The van der Waals surface area contributed by atoms with Crippen molar-refractivity contribution in [2.75, 3.05) is 0 Å². The van der Waals surface area contributed by atoms with Crippen LogP contribution in [0.2, 0.25) is 0 Å². The average Bonchev–Trinajstić information content (AvgIpc) is 4.01. The maximum absolute atomic E-state index is 7.02. The van der Waals surface area contributed by atoms with Crippen molar-refractivity contribution in [3.8, 4) is 66.8 Å². The first-order valence-corrected chi connectivity index (χ1v) is 21.7. The van der Waals surface area contributed by atoms with Crippen molar-refractivity contribution in [1.29, 1.82) is 0 Å². The first-order chi connectivity index (χ1) is 30.3. The molecule has 2 aliphatic rings. The highest BCUT2D eigenvalue weighted by Gasteiger charge is 2.44. The number of fused-ring (bicyclic) bond motifs is 14. The van der Waals surface area contributed by atoms with Crippen LogP contribution in [0.3, 0.4) is 0 Å². The van der Waals surface area contributed by atoms with Crippen LogP contribution < -0.4 is 0 Å². The van der Waals surface area contributed by atoms with Crippen molar-refractivity contribution >= 4 is 43.9 Å². The van der Waals surface area contributed by atoms with Gasteiger partial charge in [-0.2, -0.15) is 0 Å². The summed E-state index contributed by atoms with van der Waals surface area (Å²) in [5.41, 5.74) is 23.0. The van der Waals surface area contributed by atoms with Crippen LogP contribution in [0, 0.1) is 0 Å². The third kappa shape index (κ3) is 4.81. The highest BCUT2D eigenvalue weighted by molar-refractivity contribution is 6.21. The maximum atomic E-state index is 7.02. The molecular weight excluding hydrogens is 753 g/mol. The smallest absolute Gasteiger partial charge is 0.144 e. The molecule has 0 saturated heterocycles. The van der Waals surface area contributed by atoms with E-state index in [0.717, 1.165) is 44.2 Å². The molecule has 0 saturated carbocycles. The first kappa shape index (κ1) is 35.3. The molecule has 0 amide bonds. The summed E-state index contributed by atoms with van der Waals surface area (Å²) in [5, 5.41) is 4.67. The molecule has 0 radical (unpaired) electrons. The van der Waals surface area contributed by atoms with Crippen molar-refractivity contribution in [1.82, 2.24) is 0 Å². The Hall–Kier alpha value is -7.42. The van der Waals surface area contributed by atoms with E-state index in [2.05, 4.69) is 210 Å². The molecule has 294 valence electrons. The SMILES string of the molecule is CC1(C)c2cc3c(cc2-c2c1cc(-c1ccc(-c4ccccc4)cc1)c1c2oc2ccccc21)C(C)(C)c1cc(-c2ccc(-c4ccccc4)cc2)c2oc4ccccc4c2c1-3. The molecule has 2 heteroatoms. The summed E-state index contributed by atoms with van der Waals surface area (Å²) in [6.45, 7) is 9.60. The molecule has 0 aliphatic heterocycles. The summed E-state index contributed by atoms with van der Waals surface area (Å²) < 4.78 is 13.9. The number of benzene rings is 9. The van der Waals surface area contributed by atoms with E-state index < -0.39 is 0 Å². The summed E-state index contributed by atoms with van der Waals surface area (Å²) >= 11 is 0. The van der Waals surface area contributed by atoms with Crippen molar-refractivity contribution in [3.63, 3.8) is 0 Å². The second-order valence-corrected chi connectivity index (χ2v) is 18.4. The average molecular weight is 795 g/mol. The Balaban J connectivity index is 1.03. The highest BCUT2D eigenvalue weighted by atomic mass is 16.3. The number of para-hydroxylation sites is 2. The fourth-order valence-electron chi connectivity index (χ4n) is 11.1. The van der Waals surface area contributed by atoms with E-state index in [4.69, 9.17) is 8.83 Å². The molecule has 0 spiro atoms. The van der Waals surface area contributed by atoms with Crippen LogP contribution in [0.4, 0.5) is 0 Å². The van der Waals surface area contributed by atoms with Crippen molar-refractivity contribution in [3.05, 3.63) is 204 Å². The fourth-order valence-corrected chi connectivity index (χ4v) is 11.1. The van der Waals surface area contributed by atoms with Gasteiger partial charge in [0.05, 0.1) is 0 Å². The molecule has 2 aliphatic carbocycles. The van der Waals surface area contributed by atoms with Gasteiger partial charge in [0.25, 0.3) is 0 Å². The molecule has 13 rings (SSSR count). The lowest BCUT2D eigenvalue weighted by atomic mass is 9.78. The topological polar surface area (TPSA) is 26.3 Å². The van der Waals surface area contributed by atoms with Gasteiger partial charge in [-0.3, -0.25) is 0 Å². The van der Waals surface area contributed by atoms with Crippen molar-refractivity contribution in [2.45, 2.75) is 38.5 Å². The molecule has 9 aromatic carbocycles. The Labute approximate surface area is 360 Å². The van der Waals surface area contributed by atoms with Gasteiger partial charge in [0, 0.05) is 43.5 Å². The molecule has 0 bridgehead atoms. The van der Waals surface area contributed by atoms with E-state index in [-0.39, 0.29) is 10.8 Å². The summed E-state index contributed by atoms with van der Waals surface area (Å²) in [7, 11) is 0. The molecule has 11 aromatic rings. The Bertz CT molecular complexity index is 3640. The van der Waals surface area contributed by atoms with Crippen LogP contribution in [0.1, 0.15) is 49.9 Å². The predicted molar refractivity (Wildman–Crippen MR) is 258 cm³/mol. The van der Waals surface area contributed by atoms with Crippen LogP contribution in [0.5, 0.6) is 0 Å². The maximum Gasteiger partial charge on any atom is 0.144 e. The minimum Gasteiger partial charge on any atom is -0.455 e. The van der Waals surface area contributed by atoms with E-state index in [0.29, 0.717) is 0 Å². The van der Waals surface area contributed by atoms with Gasteiger partial charge in [0.1, 0.15) is 22.3 Å². The monoisotopic (exact) mass is 794 g/mol. The third-order valence-corrected chi connectivity index (χ3v) is 14.3. The van der Waals surface area contributed by atoms with Crippen LogP contribution in [0.25, 0.3) is 111 Å². The molecule has 2 aromatic heterocycles. The summed E-state index contributed by atoms with van der Waals surface area (Å²) in [6.07, 6.45) is 0. The van der Waals surface area contributed by atoms with E-state index in [1.807, 2.05) is 0 Å². The molecule has 0 unspecified atom stereocenters. The second kappa shape index (κ2) is 12.6. The van der Waals surface area contributed by atoms with Gasteiger partial charge in [0.15, 0.2) is 0 Å². The van der Waals surface area contributed by atoms with Gasteiger partial charge < -0.3 is 8.83 Å². The normalized spacial score (nSPS) is 14.4. The van der Waals surface area contributed by atoms with Gasteiger partial charge in [-0.25, -0.2) is 0 Å². The Kier molecular flexibility index (Phi) is 7.16. The largest absolute Gasteiger partial charge is 0.455 e. The number of furan rings is 2. The minimum atomic E-state index is -0.295. The quantitative estimate of drug-likeness (QED) is 0.177. The molecular formula is C60H42O2. The fraction of sp³-hybridized carbons (Fsp3) is 0.100. The zero-order valence-corrected chi connectivity index (χ0v) is 35.1. The second-order valence-electron chi connectivity index (χ2n) is 18.4. The number of hydrogen-bond acceptors (Lipinski definition) is 2. The van der Waals surface area contributed by atoms with Gasteiger partial charge >= 0.3 is 0 Å². The van der Waals surface area contributed by atoms with Crippen LogP contribution in [0.15, 0.2) is 191 Å². The van der Waals surface area contributed by atoms with Crippen molar-refractivity contribution < 1.29 is 8.83 Å². The number of hydrogen-bond donors (Lipinski definition) is 0. The lowest BCUT2D eigenvalue weighted by molar-refractivity contribution is 0.649. The van der Waals surface area contributed by atoms with E-state index in [9.17, 15) is 0 Å². The lowest BCUT2D eigenvalue weighted by Crippen LogP contribution is -2.17. The van der Waals surface area contributed by atoms with Gasteiger partial charge in [-0.1, -0.05) is 173 Å². The molecule has 0 N–H and O–H groups in total. The molecule has 0 atom stereocenters. The van der Waals surface area contributed by atoms with Gasteiger partial charge in [0.2, 0.25) is 0 Å². The zero-order chi connectivity index (χ0) is 41.5. The Morgan fingerprint density at radius 2 is 0.694 bits per heavy atom. The predicted octanol–water partition coefficient (Wildman–Crippen LogP) is 16.8. The van der Waals surface area contributed by atoms with E-state index in [1.165, 1.54) is 88.7 Å². The summed E-state index contributed by atoms with van der Waals surface area (Å²) in [6, 6.07) is 66.3. The highest BCUT2D eigenvalue weighted by Crippen LogP contribution is 2.61. The molecule has 2 heterocycles. The minimum absolute atomic E-state index is 0.286. The summed E-state index contributed by atoms with van der Waals surface area (Å²) in [5.74, 6) is 0. The summed E-state index contributed by atoms with van der Waals surface area (Å²) in [4.78, 5) is 0. The number of rotatable bonds is 4. The lowest BCUT2D eigenvalue weighted by Gasteiger charge is -2.24. The van der Waals surface area contributed by atoms with Crippen molar-refractivity contribution in [2.24, 2.45) is 0 Å². The van der Waals surface area contributed by atoms with Gasteiger partial charge in [-0.05, 0) is 114 Å². The van der Waals surface area contributed by atoms with E-state index in [1.54, 1.807) is 0 Å². The Morgan fingerprint density at radius 3 is 1.26 bits per heavy atom. The van der Waals surface area contributed by atoms with Gasteiger partial charge in [-0.15, -0.1) is 0 Å². The zero-order valence-electron chi connectivity index (χ0n) is 35.1. The first-order valence-electron chi connectivity index (χ1n) is 21.7. The molecule has 2 nitrogen and oxygen atoms in total. The van der Waals surface area contributed by atoms with Crippen LogP contribution >= 0.6 is 0 Å². The third-order valence-electron chi connectivity index (χ3n) is 14.3.